The number of aromatic amines is 1. The van der Waals surface area contributed by atoms with Crippen molar-refractivity contribution < 1.29 is 0 Å². The zero-order valence-corrected chi connectivity index (χ0v) is 8.32. The molecule has 3 nitrogen and oxygen atoms in total. The lowest BCUT2D eigenvalue weighted by Crippen LogP contribution is -2.27. The fraction of sp³-hybridized carbons (Fsp3) is 0.625. The minimum atomic E-state index is 0.546. The van der Waals surface area contributed by atoms with Crippen LogP contribution in [-0.2, 0) is 0 Å². The van der Waals surface area contributed by atoms with Gasteiger partial charge in [0, 0.05) is 24.2 Å². The Bertz CT molecular complexity index is 198. The van der Waals surface area contributed by atoms with Gasteiger partial charge in [-0.15, -0.1) is 0 Å². The van der Waals surface area contributed by atoms with E-state index in [1.807, 2.05) is 6.20 Å². The highest BCUT2D eigenvalue weighted by molar-refractivity contribution is 7.99. The van der Waals surface area contributed by atoms with E-state index in [2.05, 4.69) is 29.1 Å². The Kier molecular flexibility index (Phi) is 4.18. The average molecular weight is 185 g/mol. The third-order valence-corrected chi connectivity index (χ3v) is 2.66. The van der Waals surface area contributed by atoms with Gasteiger partial charge in [-0.05, 0) is 13.5 Å². The number of imidazole rings is 1. The van der Waals surface area contributed by atoms with Crippen molar-refractivity contribution in [1.29, 1.82) is 0 Å². The van der Waals surface area contributed by atoms with Crippen LogP contribution in [0.4, 0.5) is 0 Å². The summed E-state index contributed by atoms with van der Waals surface area (Å²) in [7, 11) is 0. The van der Waals surface area contributed by atoms with Crippen molar-refractivity contribution in [2.45, 2.75) is 25.0 Å². The van der Waals surface area contributed by atoms with Gasteiger partial charge in [0.1, 0.15) is 0 Å². The summed E-state index contributed by atoms with van der Waals surface area (Å²) in [5, 5.41) is 4.35. The normalized spacial score (nSPS) is 13.2. The van der Waals surface area contributed by atoms with Crippen molar-refractivity contribution in [3.63, 3.8) is 0 Å². The molecule has 2 N–H and O–H groups in total. The Labute approximate surface area is 77.4 Å². The quantitative estimate of drug-likeness (QED) is 0.683. The van der Waals surface area contributed by atoms with E-state index >= 15 is 0 Å². The van der Waals surface area contributed by atoms with Crippen molar-refractivity contribution in [3.05, 3.63) is 12.4 Å². The molecule has 1 rings (SSSR count). The Morgan fingerprint density at radius 3 is 3.17 bits per heavy atom. The SMILES string of the molecule is CCNC(C)CSc1ncc[nH]1. The predicted octanol–water partition coefficient (Wildman–Crippen LogP) is 1.50. The number of nitrogens with one attached hydrogen (secondary N) is 2. The average Bonchev–Trinajstić information content (AvgIpc) is 2.53. The molecular formula is C8H15N3S. The summed E-state index contributed by atoms with van der Waals surface area (Å²) in [6.07, 6.45) is 3.63. The van der Waals surface area contributed by atoms with Crippen molar-refractivity contribution in [2.24, 2.45) is 0 Å². The van der Waals surface area contributed by atoms with Crippen LogP contribution >= 0.6 is 11.8 Å². The summed E-state index contributed by atoms with van der Waals surface area (Å²) in [4.78, 5) is 7.19. The maximum absolute atomic E-state index is 4.13. The molecule has 0 aliphatic rings. The molecule has 0 fully saturated rings. The van der Waals surface area contributed by atoms with E-state index in [1.165, 1.54) is 0 Å². The van der Waals surface area contributed by atoms with Crippen LogP contribution in [0.1, 0.15) is 13.8 Å². The molecular weight excluding hydrogens is 170 g/mol. The molecule has 0 saturated heterocycles. The fourth-order valence-corrected chi connectivity index (χ4v) is 1.75. The molecule has 0 radical (unpaired) electrons. The Hall–Kier alpha value is -0.480. The Balaban J connectivity index is 2.17. The highest BCUT2D eigenvalue weighted by atomic mass is 32.2. The Morgan fingerprint density at radius 2 is 2.58 bits per heavy atom. The van der Waals surface area contributed by atoms with Crippen LogP contribution in [-0.4, -0.2) is 28.3 Å². The summed E-state index contributed by atoms with van der Waals surface area (Å²) >= 11 is 1.75. The van der Waals surface area contributed by atoms with Crippen LogP contribution in [0.3, 0.4) is 0 Å². The topological polar surface area (TPSA) is 40.7 Å². The molecule has 0 aromatic carbocycles. The zero-order chi connectivity index (χ0) is 8.81. The monoisotopic (exact) mass is 185 g/mol. The fourth-order valence-electron chi connectivity index (χ4n) is 0.941. The third-order valence-electron chi connectivity index (χ3n) is 1.50. The summed E-state index contributed by atoms with van der Waals surface area (Å²) in [5.74, 6) is 1.06. The molecule has 1 aromatic heterocycles. The molecule has 0 amide bonds. The minimum Gasteiger partial charge on any atom is -0.340 e. The molecule has 0 bridgehead atoms. The zero-order valence-electron chi connectivity index (χ0n) is 7.50. The van der Waals surface area contributed by atoms with Crippen molar-refractivity contribution in [1.82, 2.24) is 15.3 Å². The second-order valence-electron chi connectivity index (χ2n) is 2.66. The summed E-state index contributed by atoms with van der Waals surface area (Å²) in [5.41, 5.74) is 0. The molecule has 1 atom stereocenters. The maximum atomic E-state index is 4.13. The van der Waals surface area contributed by atoms with E-state index in [1.54, 1.807) is 18.0 Å². The number of hydrogen-bond donors (Lipinski definition) is 2. The largest absolute Gasteiger partial charge is 0.340 e. The van der Waals surface area contributed by atoms with Gasteiger partial charge in [0.25, 0.3) is 0 Å². The van der Waals surface area contributed by atoms with E-state index in [0.717, 1.165) is 17.5 Å². The van der Waals surface area contributed by atoms with Crippen molar-refractivity contribution in [2.75, 3.05) is 12.3 Å². The standard InChI is InChI=1S/C8H15N3S/c1-3-9-7(2)6-12-8-10-4-5-11-8/h4-5,7,9H,3,6H2,1-2H3,(H,10,11). The van der Waals surface area contributed by atoms with Gasteiger partial charge in [0.2, 0.25) is 0 Å². The van der Waals surface area contributed by atoms with Gasteiger partial charge in [-0.2, -0.15) is 0 Å². The second-order valence-corrected chi connectivity index (χ2v) is 3.67. The smallest absolute Gasteiger partial charge is 0.165 e. The third kappa shape index (κ3) is 3.28. The number of H-pyrrole nitrogens is 1. The predicted molar refractivity (Wildman–Crippen MR) is 52.5 cm³/mol. The number of aromatic nitrogens is 2. The second kappa shape index (κ2) is 5.22. The van der Waals surface area contributed by atoms with E-state index in [4.69, 9.17) is 0 Å². The van der Waals surface area contributed by atoms with Gasteiger partial charge in [0.15, 0.2) is 5.16 Å². The molecule has 0 spiro atoms. The highest BCUT2D eigenvalue weighted by Crippen LogP contribution is 2.12. The van der Waals surface area contributed by atoms with Gasteiger partial charge in [-0.25, -0.2) is 4.98 Å². The van der Waals surface area contributed by atoms with Gasteiger partial charge in [0.05, 0.1) is 0 Å². The van der Waals surface area contributed by atoms with E-state index < -0.39 is 0 Å². The van der Waals surface area contributed by atoms with Gasteiger partial charge >= 0.3 is 0 Å². The van der Waals surface area contributed by atoms with Crippen molar-refractivity contribution in [3.8, 4) is 0 Å². The van der Waals surface area contributed by atoms with E-state index in [-0.39, 0.29) is 0 Å². The van der Waals surface area contributed by atoms with Gasteiger partial charge in [-0.3, -0.25) is 0 Å². The lowest BCUT2D eigenvalue weighted by Gasteiger charge is -2.09. The van der Waals surface area contributed by atoms with Crippen LogP contribution < -0.4 is 5.32 Å². The first-order valence-corrected chi connectivity index (χ1v) is 5.17. The molecule has 0 aliphatic heterocycles. The molecule has 4 heteroatoms. The Morgan fingerprint density at radius 1 is 1.75 bits per heavy atom. The van der Waals surface area contributed by atoms with Gasteiger partial charge in [-0.1, -0.05) is 18.7 Å². The van der Waals surface area contributed by atoms with E-state index in [0.29, 0.717) is 6.04 Å². The van der Waals surface area contributed by atoms with Crippen LogP contribution in [0, 0.1) is 0 Å². The summed E-state index contributed by atoms with van der Waals surface area (Å²) < 4.78 is 0. The molecule has 1 heterocycles. The van der Waals surface area contributed by atoms with Gasteiger partial charge < -0.3 is 10.3 Å². The number of rotatable bonds is 5. The lowest BCUT2D eigenvalue weighted by atomic mass is 10.4. The summed E-state index contributed by atoms with van der Waals surface area (Å²) in [6.45, 7) is 5.33. The molecule has 68 valence electrons. The number of nitrogens with zero attached hydrogens (tertiary/aromatic N) is 1. The number of thioether (sulfide) groups is 1. The highest BCUT2D eigenvalue weighted by Gasteiger charge is 2.01. The maximum Gasteiger partial charge on any atom is 0.165 e. The number of hydrogen-bond acceptors (Lipinski definition) is 3. The lowest BCUT2D eigenvalue weighted by molar-refractivity contribution is 0.620. The molecule has 1 aromatic rings. The molecule has 1 unspecified atom stereocenters. The first-order valence-electron chi connectivity index (χ1n) is 4.18. The minimum absolute atomic E-state index is 0.546. The first-order chi connectivity index (χ1) is 5.83. The first kappa shape index (κ1) is 9.61. The van der Waals surface area contributed by atoms with Crippen LogP contribution in [0.2, 0.25) is 0 Å². The molecule has 0 aliphatic carbocycles. The molecule has 12 heavy (non-hydrogen) atoms. The van der Waals surface area contributed by atoms with Crippen LogP contribution in [0.15, 0.2) is 17.6 Å². The van der Waals surface area contributed by atoms with Crippen LogP contribution in [0.25, 0.3) is 0 Å². The molecule has 0 saturated carbocycles. The van der Waals surface area contributed by atoms with E-state index in [9.17, 15) is 0 Å². The van der Waals surface area contributed by atoms with Crippen LogP contribution in [0.5, 0.6) is 0 Å². The summed E-state index contributed by atoms with van der Waals surface area (Å²) in [6, 6.07) is 0.546. The van der Waals surface area contributed by atoms with Crippen molar-refractivity contribution >= 4 is 11.8 Å².